The molecule has 1 aromatic carbocycles. The molecule has 3 rings (SSSR count). The molecule has 4 heteroatoms. The molecule has 0 N–H and O–H groups in total. The average molecular weight is 344 g/mol. The van der Waals surface area contributed by atoms with Crippen LogP contribution >= 0.6 is 0 Å². The molecule has 138 valence electrons. The van der Waals surface area contributed by atoms with Gasteiger partial charge in [0.25, 0.3) is 0 Å². The zero-order chi connectivity index (χ0) is 17.7. The van der Waals surface area contributed by atoms with Gasteiger partial charge in [-0.05, 0) is 57.2 Å². The van der Waals surface area contributed by atoms with Gasteiger partial charge in [-0.2, -0.15) is 0 Å². The number of nitrogens with zero attached hydrogens (tertiary/aromatic N) is 2. The molecule has 1 amide bonds. The lowest BCUT2D eigenvalue weighted by atomic mass is 9.84. The molecule has 2 aliphatic heterocycles. The lowest BCUT2D eigenvalue weighted by Crippen LogP contribution is -2.46. The monoisotopic (exact) mass is 344 g/mol. The van der Waals surface area contributed by atoms with Crippen LogP contribution in [0.4, 0.5) is 0 Å². The van der Waals surface area contributed by atoms with Gasteiger partial charge in [0.2, 0.25) is 5.91 Å². The van der Waals surface area contributed by atoms with Crippen molar-refractivity contribution in [3.63, 3.8) is 0 Å². The molecule has 2 aliphatic rings. The summed E-state index contributed by atoms with van der Waals surface area (Å²) in [4.78, 5) is 17.1. The molecule has 0 radical (unpaired) electrons. The van der Waals surface area contributed by atoms with Crippen LogP contribution in [0.25, 0.3) is 0 Å². The van der Waals surface area contributed by atoms with Crippen molar-refractivity contribution in [1.29, 1.82) is 0 Å². The molecule has 0 saturated carbocycles. The Bertz CT molecular complexity index is 552. The molecule has 1 atom stereocenters. The molecule has 2 heterocycles. The Morgan fingerprint density at radius 2 is 1.92 bits per heavy atom. The van der Waals surface area contributed by atoms with E-state index in [1.165, 1.54) is 24.9 Å². The number of carbonyl (C=O) groups excluding carboxylic acids is 1. The standard InChI is InChI=1S/C21H32N2O2/c1-22-14-6-7-18(17-22)10-11-20(24)23-15-12-21(25-2,13-16-23)19-8-4-3-5-9-19/h3-5,8-9,18H,6-7,10-17H2,1-2H3/t18-/m1/s1. The van der Waals surface area contributed by atoms with E-state index in [0.717, 1.165) is 38.9 Å². The Kier molecular flexibility index (Phi) is 6.13. The highest BCUT2D eigenvalue weighted by Gasteiger charge is 2.37. The SMILES string of the molecule is COC1(c2ccccc2)CCN(C(=O)CC[C@H]2CCCN(C)C2)CC1. The lowest BCUT2D eigenvalue weighted by molar-refractivity contribution is -0.137. The summed E-state index contributed by atoms with van der Waals surface area (Å²) in [5.41, 5.74) is 0.999. The Morgan fingerprint density at radius 1 is 1.20 bits per heavy atom. The maximum absolute atomic E-state index is 12.6. The van der Waals surface area contributed by atoms with Crippen LogP contribution in [0.15, 0.2) is 30.3 Å². The summed E-state index contributed by atoms with van der Waals surface area (Å²) in [5, 5.41) is 0. The quantitative estimate of drug-likeness (QED) is 0.822. The van der Waals surface area contributed by atoms with E-state index in [4.69, 9.17) is 4.74 Å². The molecule has 1 aromatic rings. The highest BCUT2D eigenvalue weighted by molar-refractivity contribution is 5.76. The van der Waals surface area contributed by atoms with Crippen molar-refractivity contribution in [3.8, 4) is 0 Å². The first-order valence-corrected chi connectivity index (χ1v) is 9.70. The van der Waals surface area contributed by atoms with E-state index in [9.17, 15) is 4.79 Å². The molecular formula is C21H32N2O2. The van der Waals surface area contributed by atoms with Gasteiger partial charge in [-0.15, -0.1) is 0 Å². The highest BCUT2D eigenvalue weighted by atomic mass is 16.5. The van der Waals surface area contributed by atoms with Crippen molar-refractivity contribution < 1.29 is 9.53 Å². The summed E-state index contributed by atoms with van der Waals surface area (Å²) in [5.74, 6) is 1.01. The topological polar surface area (TPSA) is 32.8 Å². The van der Waals surface area contributed by atoms with Crippen molar-refractivity contribution >= 4 is 5.91 Å². The van der Waals surface area contributed by atoms with Gasteiger partial charge in [0.15, 0.2) is 0 Å². The third-order valence-electron chi connectivity index (χ3n) is 6.10. The van der Waals surface area contributed by atoms with E-state index in [0.29, 0.717) is 18.2 Å². The van der Waals surface area contributed by atoms with Crippen molar-refractivity contribution in [3.05, 3.63) is 35.9 Å². The van der Waals surface area contributed by atoms with Gasteiger partial charge in [0.05, 0.1) is 5.60 Å². The minimum absolute atomic E-state index is 0.232. The van der Waals surface area contributed by atoms with Crippen molar-refractivity contribution in [2.24, 2.45) is 5.92 Å². The maximum atomic E-state index is 12.6. The predicted octanol–water partition coefficient (Wildman–Crippen LogP) is 3.27. The number of amides is 1. The van der Waals surface area contributed by atoms with E-state index >= 15 is 0 Å². The maximum Gasteiger partial charge on any atom is 0.222 e. The second kappa shape index (κ2) is 8.33. The first kappa shape index (κ1) is 18.4. The summed E-state index contributed by atoms with van der Waals surface area (Å²) in [6.45, 7) is 3.95. The largest absolute Gasteiger partial charge is 0.373 e. The van der Waals surface area contributed by atoms with E-state index in [-0.39, 0.29) is 5.60 Å². The van der Waals surface area contributed by atoms with Gasteiger partial charge in [0.1, 0.15) is 0 Å². The first-order valence-electron chi connectivity index (χ1n) is 9.70. The van der Waals surface area contributed by atoms with Crippen LogP contribution < -0.4 is 0 Å². The lowest BCUT2D eigenvalue weighted by Gasteiger charge is -2.41. The molecule has 0 aromatic heterocycles. The molecule has 25 heavy (non-hydrogen) atoms. The molecule has 0 unspecified atom stereocenters. The van der Waals surface area contributed by atoms with Crippen molar-refractivity contribution in [1.82, 2.24) is 9.80 Å². The fraction of sp³-hybridized carbons (Fsp3) is 0.667. The van der Waals surface area contributed by atoms with Crippen molar-refractivity contribution in [2.45, 2.75) is 44.1 Å². The summed E-state index contributed by atoms with van der Waals surface area (Å²) in [7, 11) is 3.98. The van der Waals surface area contributed by atoms with Gasteiger partial charge < -0.3 is 14.5 Å². The number of benzene rings is 1. The van der Waals surface area contributed by atoms with E-state index in [1.54, 1.807) is 7.11 Å². The van der Waals surface area contributed by atoms with Gasteiger partial charge in [0, 0.05) is 33.2 Å². The number of methoxy groups -OCH3 is 1. The molecule has 2 fully saturated rings. The van der Waals surface area contributed by atoms with E-state index in [2.05, 4.69) is 36.2 Å². The van der Waals surface area contributed by atoms with Crippen molar-refractivity contribution in [2.75, 3.05) is 40.3 Å². The number of hydrogen-bond donors (Lipinski definition) is 0. The minimum atomic E-state index is -0.232. The minimum Gasteiger partial charge on any atom is -0.373 e. The van der Waals surface area contributed by atoms with Crippen LogP contribution in [0, 0.1) is 5.92 Å². The zero-order valence-electron chi connectivity index (χ0n) is 15.7. The predicted molar refractivity (Wildman–Crippen MR) is 100 cm³/mol. The Labute approximate surface area is 152 Å². The Hall–Kier alpha value is -1.39. The van der Waals surface area contributed by atoms with Gasteiger partial charge in [-0.25, -0.2) is 0 Å². The second-order valence-corrected chi connectivity index (χ2v) is 7.75. The van der Waals surface area contributed by atoms with E-state index < -0.39 is 0 Å². The van der Waals surface area contributed by atoms with Gasteiger partial charge >= 0.3 is 0 Å². The van der Waals surface area contributed by atoms with Crippen LogP contribution in [0.1, 0.15) is 44.1 Å². The van der Waals surface area contributed by atoms with Crippen LogP contribution in [-0.2, 0) is 15.1 Å². The molecule has 2 saturated heterocycles. The van der Waals surface area contributed by atoms with Gasteiger partial charge in [-0.3, -0.25) is 4.79 Å². The smallest absolute Gasteiger partial charge is 0.222 e. The summed E-state index contributed by atoms with van der Waals surface area (Å²) in [6, 6.07) is 10.4. The fourth-order valence-electron chi connectivity index (χ4n) is 4.46. The number of hydrogen-bond acceptors (Lipinski definition) is 3. The second-order valence-electron chi connectivity index (χ2n) is 7.75. The van der Waals surface area contributed by atoms with Crippen LogP contribution in [-0.4, -0.2) is 56.0 Å². The van der Waals surface area contributed by atoms with Crippen LogP contribution in [0.2, 0.25) is 0 Å². The summed E-state index contributed by atoms with van der Waals surface area (Å²) < 4.78 is 5.92. The van der Waals surface area contributed by atoms with E-state index in [1.807, 2.05) is 11.0 Å². The summed E-state index contributed by atoms with van der Waals surface area (Å²) in [6.07, 6.45) is 6.04. The Morgan fingerprint density at radius 3 is 2.56 bits per heavy atom. The fourth-order valence-corrected chi connectivity index (χ4v) is 4.46. The van der Waals surface area contributed by atoms with Crippen LogP contribution in [0.5, 0.6) is 0 Å². The summed E-state index contributed by atoms with van der Waals surface area (Å²) >= 11 is 0. The number of piperidine rings is 2. The number of rotatable bonds is 5. The molecular weight excluding hydrogens is 312 g/mol. The molecule has 0 bridgehead atoms. The third-order valence-corrected chi connectivity index (χ3v) is 6.10. The normalized spacial score (nSPS) is 24.2. The Balaban J connectivity index is 1.50. The molecule has 0 spiro atoms. The average Bonchev–Trinajstić information content (AvgIpc) is 2.67. The molecule has 0 aliphatic carbocycles. The zero-order valence-corrected chi connectivity index (χ0v) is 15.7. The number of ether oxygens (including phenoxy) is 1. The third kappa shape index (κ3) is 4.42. The highest BCUT2D eigenvalue weighted by Crippen LogP contribution is 2.36. The number of likely N-dealkylation sites (tertiary alicyclic amines) is 2. The number of carbonyl (C=O) groups is 1. The van der Waals surface area contributed by atoms with Gasteiger partial charge in [-0.1, -0.05) is 30.3 Å². The first-order chi connectivity index (χ1) is 12.1. The molecule has 4 nitrogen and oxygen atoms in total. The van der Waals surface area contributed by atoms with Crippen LogP contribution in [0.3, 0.4) is 0 Å².